The van der Waals surface area contributed by atoms with Gasteiger partial charge in [0.05, 0.1) is 6.42 Å². The highest BCUT2D eigenvalue weighted by molar-refractivity contribution is 5.67. The highest BCUT2D eigenvalue weighted by Crippen LogP contribution is 1.99. The maximum atomic E-state index is 10.2. The fraction of sp³-hybridized carbons (Fsp3) is 0.857. The third kappa shape index (κ3) is 5.82. The minimum Gasteiger partial charge on any atom is -0.481 e. The van der Waals surface area contributed by atoms with Crippen LogP contribution in [-0.2, 0) is 14.3 Å². The Morgan fingerprint density at radius 3 is 2.64 bits per heavy atom. The summed E-state index contributed by atoms with van der Waals surface area (Å²) in [6.07, 6.45) is 0.156. The standard InChI is InChI=1S/C7H14O4/c1-3-4-11-7(10-2)5-6(8)9/h7H,3-5H2,1-2H3,(H,8,9). The van der Waals surface area contributed by atoms with Gasteiger partial charge in [-0.25, -0.2) is 0 Å². The predicted octanol–water partition coefficient (Wildman–Crippen LogP) is 0.860. The van der Waals surface area contributed by atoms with Gasteiger partial charge in [-0.05, 0) is 6.42 Å². The molecule has 0 rings (SSSR count). The van der Waals surface area contributed by atoms with Crippen LogP contribution in [0.25, 0.3) is 0 Å². The third-order valence-corrected chi connectivity index (χ3v) is 1.11. The molecular weight excluding hydrogens is 148 g/mol. The van der Waals surface area contributed by atoms with Crippen LogP contribution in [0, 0.1) is 0 Å². The van der Waals surface area contributed by atoms with Crippen molar-refractivity contribution in [2.24, 2.45) is 0 Å². The molecule has 0 aromatic rings. The second kappa shape index (κ2) is 6.12. The first kappa shape index (κ1) is 10.4. The van der Waals surface area contributed by atoms with E-state index in [4.69, 9.17) is 14.6 Å². The lowest BCUT2D eigenvalue weighted by Crippen LogP contribution is -2.19. The molecule has 0 saturated carbocycles. The largest absolute Gasteiger partial charge is 0.481 e. The molecule has 4 heteroatoms. The summed E-state index contributed by atoms with van der Waals surface area (Å²) in [4.78, 5) is 10.2. The van der Waals surface area contributed by atoms with Gasteiger partial charge < -0.3 is 14.6 Å². The minimum absolute atomic E-state index is 0.101. The Morgan fingerprint density at radius 1 is 1.64 bits per heavy atom. The van der Waals surface area contributed by atoms with Gasteiger partial charge in [-0.2, -0.15) is 0 Å². The lowest BCUT2D eigenvalue weighted by atomic mass is 10.4. The second-order valence-electron chi connectivity index (χ2n) is 2.13. The van der Waals surface area contributed by atoms with Gasteiger partial charge in [0.2, 0.25) is 0 Å². The van der Waals surface area contributed by atoms with Crippen LogP contribution in [0.1, 0.15) is 19.8 Å². The van der Waals surface area contributed by atoms with Crippen LogP contribution >= 0.6 is 0 Å². The minimum atomic E-state index is -0.909. The molecule has 1 atom stereocenters. The lowest BCUT2D eigenvalue weighted by molar-refractivity contribution is -0.159. The first-order valence-electron chi connectivity index (χ1n) is 3.56. The van der Waals surface area contributed by atoms with Gasteiger partial charge >= 0.3 is 5.97 Å². The topological polar surface area (TPSA) is 55.8 Å². The van der Waals surface area contributed by atoms with Gasteiger partial charge in [-0.1, -0.05) is 6.92 Å². The van der Waals surface area contributed by atoms with E-state index in [0.29, 0.717) is 6.61 Å². The van der Waals surface area contributed by atoms with Gasteiger partial charge in [0.25, 0.3) is 0 Å². The van der Waals surface area contributed by atoms with Gasteiger partial charge in [0.15, 0.2) is 6.29 Å². The summed E-state index contributed by atoms with van der Waals surface area (Å²) in [6.45, 7) is 2.49. The number of carboxylic acids is 1. The number of hydrogen-bond acceptors (Lipinski definition) is 3. The molecule has 1 N–H and O–H groups in total. The molecule has 0 aliphatic heterocycles. The number of carbonyl (C=O) groups is 1. The Hall–Kier alpha value is -0.610. The molecule has 0 saturated heterocycles. The van der Waals surface area contributed by atoms with Crippen LogP contribution in [-0.4, -0.2) is 31.1 Å². The average Bonchev–Trinajstić information content (AvgIpc) is 1.97. The van der Waals surface area contributed by atoms with Crippen LogP contribution in [0.3, 0.4) is 0 Å². The molecule has 66 valence electrons. The van der Waals surface area contributed by atoms with Crippen molar-refractivity contribution in [1.29, 1.82) is 0 Å². The summed E-state index contributed by atoms with van der Waals surface area (Å²) >= 11 is 0. The van der Waals surface area contributed by atoms with E-state index in [2.05, 4.69) is 0 Å². The van der Waals surface area contributed by atoms with Crippen molar-refractivity contribution in [3.63, 3.8) is 0 Å². The van der Waals surface area contributed by atoms with Crippen LogP contribution in [0.5, 0.6) is 0 Å². The van der Waals surface area contributed by atoms with E-state index in [0.717, 1.165) is 6.42 Å². The van der Waals surface area contributed by atoms with Crippen molar-refractivity contribution in [3.8, 4) is 0 Å². The quantitative estimate of drug-likeness (QED) is 0.588. The summed E-state index contributed by atoms with van der Waals surface area (Å²) in [5, 5.41) is 8.35. The highest BCUT2D eigenvalue weighted by atomic mass is 16.7. The summed E-state index contributed by atoms with van der Waals surface area (Å²) in [7, 11) is 1.43. The molecule has 0 aliphatic rings. The fourth-order valence-corrected chi connectivity index (χ4v) is 0.602. The summed E-state index contributed by atoms with van der Waals surface area (Å²) in [5.74, 6) is -0.909. The van der Waals surface area contributed by atoms with Crippen LogP contribution in [0.15, 0.2) is 0 Å². The summed E-state index contributed by atoms with van der Waals surface area (Å²) in [6, 6.07) is 0. The number of aliphatic carboxylic acids is 1. The Balaban J connectivity index is 3.49. The zero-order valence-corrected chi connectivity index (χ0v) is 6.87. The van der Waals surface area contributed by atoms with Gasteiger partial charge in [-0.3, -0.25) is 4.79 Å². The average molecular weight is 162 g/mol. The molecule has 0 radical (unpaired) electrons. The normalized spacial score (nSPS) is 12.9. The van der Waals surface area contributed by atoms with Gasteiger partial charge in [0, 0.05) is 13.7 Å². The smallest absolute Gasteiger partial charge is 0.308 e. The first-order valence-corrected chi connectivity index (χ1v) is 3.56. The number of methoxy groups -OCH3 is 1. The fourth-order valence-electron chi connectivity index (χ4n) is 0.602. The molecule has 0 heterocycles. The van der Waals surface area contributed by atoms with Crippen molar-refractivity contribution >= 4 is 5.97 Å². The monoisotopic (exact) mass is 162 g/mol. The van der Waals surface area contributed by atoms with E-state index in [1.54, 1.807) is 0 Å². The van der Waals surface area contributed by atoms with Crippen LogP contribution in [0.2, 0.25) is 0 Å². The van der Waals surface area contributed by atoms with E-state index < -0.39 is 12.3 Å². The van der Waals surface area contributed by atoms with E-state index in [1.807, 2.05) is 6.92 Å². The Bertz CT molecular complexity index is 113. The molecule has 0 spiro atoms. The van der Waals surface area contributed by atoms with Crippen molar-refractivity contribution in [2.75, 3.05) is 13.7 Å². The van der Waals surface area contributed by atoms with E-state index in [-0.39, 0.29) is 6.42 Å². The SMILES string of the molecule is CCCOC(CC(=O)O)OC. The highest BCUT2D eigenvalue weighted by Gasteiger charge is 2.11. The predicted molar refractivity (Wildman–Crippen MR) is 39.3 cm³/mol. The second-order valence-corrected chi connectivity index (χ2v) is 2.13. The zero-order chi connectivity index (χ0) is 8.69. The molecular formula is C7H14O4. The Kier molecular flexibility index (Phi) is 5.78. The number of hydrogen-bond donors (Lipinski definition) is 1. The maximum absolute atomic E-state index is 10.2. The molecule has 4 nitrogen and oxygen atoms in total. The lowest BCUT2D eigenvalue weighted by Gasteiger charge is -2.12. The number of rotatable bonds is 6. The van der Waals surface area contributed by atoms with Crippen LogP contribution in [0.4, 0.5) is 0 Å². The van der Waals surface area contributed by atoms with Crippen molar-refractivity contribution < 1.29 is 19.4 Å². The van der Waals surface area contributed by atoms with E-state index >= 15 is 0 Å². The van der Waals surface area contributed by atoms with Crippen molar-refractivity contribution in [2.45, 2.75) is 26.1 Å². The first-order chi connectivity index (χ1) is 5.20. The molecule has 11 heavy (non-hydrogen) atoms. The Labute approximate surface area is 66.1 Å². The van der Waals surface area contributed by atoms with E-state index in [9.17, 15) is 4.79 Å². The summed E-state index contributed by atoms with van der Waals surface area (Å²) < 4.78 is 9.81. The third-order valence-electron chi connectivity index (χ3n) is 1.11. The van der Waals surface area contributed by atoms with Crippen molar-refractivity contribution in [1.82, 2.24) is 0 Å². The van der Waals surface area contributed by atoms with Gasteiger partial charge in [-0.15, -0.1) is 0 Å². The Morgan fingerprint density at radius 2 is 2.27 bits per heavy atom. The van der Waals surface area contributed by atoms with Crippen molar-refractivity contribution in [3.05, 3.63) is 0 Å². The molecule has 0 amide bonds. The summed E-state index contributed by atoms with van der Waals surface area (Å²) in [5.41, 5.74) is 0. The zero-order valence-electron chi connectivity index (χ0n) is 6.87. The van der Waals surface area contributed by atoms with E-state index in [1.165, 1.54) is 7.11 Å². The molecule has 1 unspecified atom stereocenters. The van der Waals surface area contributed by atoms with Gasteiger partial charge in [0.1, 0.15) is 0 Å². The molecule has 0 bridgehead atoms. The number of ether oxygens (including phenoxy) is 2. The molecule has 0 aromatic heterocycles. The number of carboxylic acid groups (broad SMARTS) is 1. The maximum Gasteiger partial charge on any atom is 0.308 e. The molecule has 0 aromatic carbocycles. The van der Waals surface area contributed by atoms with Crippen LogP contribution < -0.4 is 0 Å². The molecule has 0 fully saturated rings. The molecule has 0 aliphatic carbocycles.